The number of oxazole rings is 1. The number of aliphatic hydroxyl groups is 1. The van der Waals surface area contributed by atoms with E-state index < -0.39 is 18.0 Å². The maximum Gasteiger partial charge on any atom is 0.420 e. The summed E-state index contributed by atoms with van der Waals surface area (Å²) in [4.78, 5) is 24.1. The van der Waals surface area contributed by atoms with Gasteiger partial charge in [0.25, 0.3) is 0 Å². The maximum atomic E-state index is 12.1. The van der Waals surface area contributed by atoms with Gasteiger partial charge < -0.3 is 14.8 Å². The fourth-order valence-electron chi connectivity index (χ4n) is 2.71. The summed E-state index contributed by atoms with van der Waals surface area (Å²) >= 11 is 0. The monoisotopic (exact) mass is 276 g/mol. The average molecular weight is 276 g/mol. The van der Waals surface area contributed by atoms with E-state index in [1.165, 1.54) is 4.57 Å². The van der Waals surface area contributed by atoms with Crippen molar-refractivity contribution in [3.63, 3.8) is 0 Å². The quantitative estimate of drug-likeness (QED) is 0.854. The molecule has 2 heterocycles. The molecule has 1 fully saturated rings. The molecular weight excluding hydrogens is 260 g/mol. The number of hydrogen-bond acceptors (Lipinski definition) is 4. The summed E-state index contributed by atoms with van der Waals surface area (Å²) in [6.07, 6.45) is 0.750. The molecule has 0 aliphatic carbocycles. The molecule has 1 aliphatic rings. The van der Waals surface area contributed by atoms with Crippen LogP contribution in [0.25, 0.3) is 11.1 Å². The predicted octanol–water partition coefficient (Wildman–Crippen LogP) is 0.926. The number of piperidine rings is 1. The van der Waals surface area contributed by atoms with Gasteiger partial charge in [-0.2, -0.15) is 0 Å². The first kappa shape index (κ1) is 12.9. The fraction of sp³-hybridized carbons (Fsp3) is 0.429. The number of fused-ring (bicyclic) bond motifs is 1. The molecule has 1 aromatic heterocycles. The van der Waals surface area contributed by atoms with Gasteiger partial charge in [-0.25, -0.2) is 4.79 Å². The number of aromatic nitrogens is 1. The number of aryl methyl sites for hydroxylation is 1. The molecule has 1 aliphatic heterocycles. The predicted molar refractivity (Wildman–Crippen MR) is 72.3 cm³/mol. The third-order valence-corrected chi connectivity index (χ3v) is 3.74. The third-order valence-electron chi connectivity index (χ3n) is 3.74. The van der Waals surface area contributed by atoms with E-state index in [0.717, 1.165) is 12.0 Å². The van der Waals surface area contributed by atoms with Crippen LogP contribution in [0.4, 0.5) is 0 Å². The van der Waals surface area contributed by atoms with Gasteiger partial charge in [0.05, 0.1) is 5.52 Å². The van der Waals surface area contributed by atoms with E-state index in [9.17, 15) is 14.7 Å². The zero-order valence-electron chi connectivity index (χ0n) is 11.1. The van der Waals surface area contributed by atoms with E-state index in [-0.39, 0.29) is 5.91 Å². The highest BCUT2D eigenvalue weighted by molar-refractivity contribution is 5.84. The molecule has 2 aromatic rings. The second kappa shape index (κ2) is 4.79. The number of amides is 1. The fourth-order valence-corrected chi connectivity index (χ4v) is 2.71. The van der Waals surface area contributed by atoms with E-state index >= 15 is 0 Å². The Morgan fingerprint density at radius 3 is 2.90 bits per heavy atom. The molecule has 0 spiro atoms. The van der Waals surface area contributed by atoms with Crippen molar-refractivity contribution in [1.82, 2.24) is 9.88 Å². The Morgan fingerprint density at radius 2 is 2.20 bits per heavy atom. The molecule has 0 radical (unpaired) electrons. The lowest BCUT2D eigenvalue weighted by Gasteiger charge is -2.26. The van der Waals surface area contributed by atoms with Crippen LogP contribution in [-0.2, 0) is 11.2 Å². The number of nitrogens with one attached hydrogen (secondary N) is 1. The van der Waals surface area contributed by atoms with Crippen LogP contribution in [-0.4, -0.2) is 21.8 Å². The molecule has 0 saturated carbocycles. The summed E-state index contributed by atoms with van der Waals surface area (Å²) in [7, 11) is 0. The van der Waals surface area contributed by atoms with Crippen molar-refractivity contribution in [2.75, 3.05) is 0 Å². The molecule has 2 atom stereocenters. The number of nitrogens with zero attached hydrogens (tertiary/aromatic N) is 1. The van der Waals surface area contributed by atoms with Crippen molar-refractivity contribution in [2.24, 2.45) is 0 Å². The van der Waals surface area contributed by atoms with Gasteiger partial charge in [0, 0.05) is 0 Å². The number of carbonyl (C=O) groups is 1. The van der Waals surface area contributed by atoms with Crippen LogP contribution in [0.5, 0.6) is 0 Å². The third kappa shape index (κ3) is 1.92. The largest absolute Gasteiger partial charge is 0.420 e. The van der Waals surface area contributed by atoms with Crippen molar-refractivity contribution in [1.29, 1.82) is 0 Å². The first-order chi connectivity index (χ1) is 9.61. The van der Waals surface area contributed by atoms with E-state index in [1.807, 2.05) is 19.1 Å². The number of para-hydroxylation sites is 1. The molecule has 2 unspecified atom stereocenters. The van der Waals surface area contributed by atoms with Crippen LogP contribution < -0.4 is 11.1 Å². The number of carbonyl (C=O) groups excluding carboxylic acids is 1. The first-order valence-electron chi connectivity index (χ1n) is 6.73. The summed E-state index contributed by atoms with van der Waals surface area (Å²) < 4.78 is 6.70. The Hall–Kier alpha value is -2.08. The van der Waals surface area contributed by atoms with Crippen LogP contribution in [0.3, 0.4) is 0 Å². The Kier molecular flexibility index (Phi) is 3.10. The van der Waals surface area contributed by atoms with Crippen molar-refractivity contribution in [3.8, 4) is 0 Å². The minimum Gasteiger partial charge on any atom is -0.407 e. The van der Waals surface area contributed by atoms with Gasteiger partial charge in [-0.05, 0) is 30.9 Å². The van der Waals surface area contributed by atoms with Gasteiger partial charge in [0.1, 0.15) is 12.3 Å². The lowest BCUT2D eigenvalue weighted by molar-refractivity contribution is -0.130. The van der Waals surface area contributed by atoms with Gasteiger partial charge in [0.2, 0.25) is 5.91 Å². The number of hydrogen-bond donors (Lipinski definition) is 2. The molecule has 106 valence electrons. The highest BCUT2D eigenvalue weighted by atomic mass is 16.4. The molecule has 0 bridgehead atoms. The molecule has 20 heavy (non-hydrogen) atoms. The summed E-state index contributed by atoms with van der Waals surface area (Å²) in [5, 5.41) is 11.9. The molecule has 3 rings (SSSR count). The van der Waals surface area contributed by atoms with Gasteiger partial charge in [-0.15, -0.1) is 0 Å². The van der Waals surface area contributed by atoms with E-state index in [0.29, 0.717) is 23.9 Å². The van der Waals surface area contributed by atoms with Gasteiger partial charge >= 0.3 is 5.76 Å². The highest BCUT2D eigenvalue weighted by Gasteiger charge is 2.31. The van der Waals surface area contributed by atoms with Crippen molar-refractivity contribution >= 4 is 17.0 Å². The standard InChI is InChI=1S/C14H16N2O4/c1-2-8-4-3-5-9-12(8)20-14(19)16(9)10-6-7-11(17)15-13(10)18/h3-5,10-11,17H,2,6-7H2,1H3,(H,15,18). The van der Waals surface area contributed by atoms with Crippen LogP contribution in [0.1, 0.15) is 31.4 Å². The molecule has 1 saturated heterocycles. The van der Waals surface area contributed by atoms with E-state index in [4.69, 9.17) is 4.42 Å². The second-order valence-electron chi connectivity index (χ2n) is 4.97. The smallest absolute Gasteiger partial charge is 0.407 e. The van der Waals surface area contributed by atoms with Crippen molar-refractivity contribution in [3.05, 3.63) is 34.3 Å². The van der Waals surface area contributed by atoms with Gasteiger partial charge in [-0.1, -0.05) is 19.1 Å². The summed E-state index contributed by atoms with van der Waals surface area (Å²) in [5.74, 6) is -0.882. The first-order valence-corrected chi connectivity index (χ1v) is 6.73. The highest BCUT2D eigenvalue weighted by Crippen LogP contribution is 2.25. The lowest BCUT2D eigenvalue weighted by atomic mass is 10.0. The molecular formula is C14H16N2O4. The average Bonchev–Trinajstić information content (AvgIpc) is 2.75. The SMILES string of the molecule is CCc1cccc2c1oc(=O)n2C1CCC(O)NC1=O. The Labute approximate surface area is 115 Å². The lowest BCUT2D eigenvalue weighted by Crippen LogP contribution is -2.46. The molecule has 2 N–H and O–H groups in total. The normalized spacial score (nSPS) is 23.0. The zero-order valence-corrected chi connectivity index (χ0v) is 11.1. The molecule has 1 amide bonds. The topological polar surface area (TPSA) is 84.5 Å². The Balaban J connectivity index is 2.14. The number of benzene rings is 1. The number of rotatable bonds is 2. The van der Waals surface area contributed by atoms with Crippen molar-refractivity contribution in [2.45, 2.75) is 38.5 Å². The van der Waals surface area contributed by atoms with Crippen LogP contribution in [0, 0.1) is 0 Å². The Bertz CT molecular complexity index is 716. The minimum absolute atomic E-state index is 0.351. The van der Waals surface area contributed by atoms with Gasteiger partial charge in [-0.3, -0.25) is 9.36 Å². The van der Waals surface area contributed by atoms with E-state index in [1.54, 1.807) is 6.07 Å². The van der Waals surface area contributed by atoms with Gasteiger partial charge in [0.15, 0.2) is 5.58 Å². The van der Waals surface area contributed by atoms with Crippen LogP contribution in [0.2, 0.25) is 0 Å². The number of aliphatic hydroxyl groups excluding tert-OH is 1. The van der Waals surface area contributed by atoms with Crippen LogP contribution in [0.15, 0.2) is 27.4 Å². The summed E-state index contributed by atoms with van der Waals surface area (Å²) in [6, 6.07) is 4.90. The second-order valence-corrected chi connectivity index (χ2v) is 4.97. The Morgan fingerprint density at radius 1 is 1.40 bits per heavy atom. The molecule has 6 nitrogen and oxygen atoms in total. The maximum absolute atomic E-state index is 12.1. The zero-order chi connectivity index (χ0) is 14.3. The van der Waals surface area contributed by atoms with E-state index in [2.05, 4.69) is 5.32 Å². The summed E-state index contributed by atoms with van der Waals surface area (Å²) in [5.41, 5.74) is 2.11. The van der Waals surface area contributed by atoms with Crippen molar-refractivity contribution < 1.29 is 14.3 Å². The molecule has 1 aromatic carbocycles. The molecule has 6 heteroatoms. The minimum atomic E-state index is -0.834. The van der Waals surface area contributed by atoms with Crippen LogP contribution >= 0.6 is 0 Å². The summed E-state index contributed by atoms with van der Waals surface area (Å²) in [6.45, 7) is 1.98.